The predicted molar refractivity (Wildman–Crippen MR) is 98.8 cm³/mol. The zero-order chi connectivity index (χ0) is 18.0. The molecule has 0 saturated heterocycles. The summed E-state index contributed by atoms with van der Waals surface area (Å²) in [5.41, 5.74) is 0. The molecule has 0 saturated carbocycles. The van der Waals surface area contributed by atoms with Gasteiger partial charge in [-0.3, -0.25) is 4.79 Å². The van der Waals surface area contributed by atoms with Crippen molar-refractivity contribution in [2.75, 3.05) is 0 Å². The standard InChI is InChI=1S/C20H32O4/c1-2-3-4-5-6-7-9-13-18(21)14-10-8-11-15-19(22)16-12-17-20(23)24/h6-11,13,15,18-19,21-22H,2-5,12,14,16-17H2,1H3,(H,23,24)/b7-6-,10-8-,13-9+,15-11+/t18-,19-/m1/s1. The second-order valence-electron chi connectivity index (χ2n) is 5.78. The van der Waals surface area contributed by atoms with Gasteiger partial charge in [-0.2, -0.15) is 0 Å². The maximum absolute atomic E-state index is 10.4. The Hall–Kier alpha value is -1.65. The number of unbranched alkanes of at least 4 members (excludes halogenated alkanes) is 3. The molecule has 0 heterocycles. The number of hydrogen-bond donors (Lipinski definition) is 3. The van der Waals surface area contributed by atoms with Crippen LogP contribution in [0.4, 0.5) is 0 Å². The van der Waals surface area contributed by atoms with Crippen molar-refractivity contribution in [2.45, 2.75) is 70.5 Å². The van der Waals surface area contributed by atoms with Gasteiger partial charge in [0.05, 0.1) is 12.2 Å². The van der Waals surface area contributed by atoms with Crippen molar-refractivity contribution >= 4 is 5.97 Å². The third-order valence-corrected chi connectivity index (χ3v) is 3.40. The van der Waals surface area contributed by atoms with Crippen LogP contribution < -0.4 is 0 Å². The maximum atomic E-state index is 10.4. The average molecular weight is 336 g/mol. The molecule has 0 spiro atoms. The summed E-state index contributed by atoms with van der Waals surface area (Å²) >= 11 is 0. The van der Waals surface area contributed by atoms with Gasteiger partial charge in [-0.05, 0) is 32.1 Å². The zero-order valence-electron chi connectivity index (χ0n) is 14.7. The first kappa shape index (κ1) is 22.4. The smallest absolute Gasteiger partial charge is 0.303 e. The second-order valence-corrected chi connectivity index (χ2v) is 5.78. The number of aliphatic hydroxyl groups is 2. The quantitative estimate of drug-likeness (QED) is 0.329. The van der Waals surface area contributed by atoms with Gasteiger partial charge in [0.15, 0.2) is 0 Å². The SMILES string of the molecule is CCCCC/C=C\C=C\[C@@H](O)C/C=C\C=C\[C@@H](O)CCCC(=O)O. The first-order valence-electron chi connectivity index (χ1n) is 8.80. The van der Waals surface area contributed by atoms with Gasteiger partial charge in [-0.15, -0.1) is 0 Å². The fraction of sp³-hybridized carbons (Fsp3) is 0.550. The summed E-state index contributed by atoms with van der Waals surface area (Å²) in [4.78, 5) is 10.4. The molecule has 3 N–H and O–H groups in total. The largest absolute Gasteiger partial charge is 0.481 e. The van der Waals surface area contributed by atoms with Gasteiger partial charge in [0, 0.05) is 6.42 Å². The molecule has 0 aliphatic carbocycles. The van der Waals surface area contributed by atoms with Crippen LogP contribution in [0.25, 0.3) is 0 Å². The lowest BCUT2D eigenvalue weighted by molar-refractivity contribution is -0.137. The number of rotatable bonds is 14. The highest BCUT2D eigenvalue weighted by atomic mass is 16.4. The third-order valence-electron chi connectivity index (χ3n) is 3.40. The van der Waals surface area contributed by atoms with E-state index in [4.69, 9.17) is 5.11 Å². The summed E-state index contributed by atoms with van der Waals surface area (Å²) in [6.45, 7) is 2.18. The molecule has 0 bridgehead atoms. The van der Waals surface area contributed by atoms with Gasteiger partial charge in [-0.1, -0.05) is 68.4 Å². The van der Waals surface area contributed by atoms with Gasteiger partial charge in [0.1, 0.15) is 0 Å². The van der Waals surface area contributed by atoms with E-state index in [2.05, 4.69) is 13.0 Å². The minimum Gasteiger partial charge on any atom is -0.481 e. The van der Waals surface area contributed by atoms with E-state index in [0.717, 1.165) is 6.42 Å². The molecule has 0 aromatic rings. The third kappa shape index (κ3) is 16.7. The summed E-state index contributed by atoms with van der Waals surface area (Å²) in [5, 5.41) is 27.9. The highest BCUT2D eigenvalue weighted by Crippen LogP contribution is 2.03. The molecular formula is C20H32O4. The number of carboxylic acids is 1. The van der Waals surface area contributed by atoms with Crippen LogP contribution in [0, 0.1) is 0 Å². The zero-order valence-corrected chi connectivity index (χ0v) is 14.7. The Labute approximate surface area is 145 Å². The molecule has 0 aliphatic rings. The number of hydrogen-bond acceptors (Lipinski definition) is 3. The Morgan fingerprint density at radius 2 is 1.58 bits per heavy atom. The van der Waals surface area contributed by atoms with Crippen molar-refractivity contribution in [1.29, 1.82) is 0 Å². The monoisotopic (exact) mass is 336 g/mol. The molecule has 0 rings (SSSR count). The topological polar surface area (TPSA) is 77.8 Å². The van der Waals surface area contributed by atoms with Crippen molar-refractivity contribution in [2.24, 2.45) is 0 Å². The Morgan fingerprint density at radius 1 is 0.917 bits per heavy atom. The van der Waals surface area contributed by atoms with Crippen LogP contribution in [-0.2, 0) is 4.79 Å². The van der Waals surface area contributed by atoms with Crippen LogP contribution in [0.15, 0.2) is 48.6 Å². The van der Waals surface area contributed by atoms with Crippen LogP contribution in [0.1, 0.15) is 58.3 Å². The molecule has 0 aromatic heterocycles. The lowest BCUT2D eigenvalue weighted by Crippen LogP contribution is -2.03. The normalized spacial score (nSPS) is 15.1. The maximum Gasteiger partial charge on any atom is 0.303 e. The molecule has 0 unspecified atom stereocenters. The fourth-order valence-electron chi connectivity index (χ4n) is 2.01. The van der Waals surface area contributed by atoms with Crippen molar-refractivity contribution in [3.8, 4) is 0 Å². The van der Waals surface area contributed by atoms with E-state index in [1.165, 1.54) is 19.3 Å². The van der Waals surface area contributed by atoms with Crippen molar-refractivity contribution < 1.29 is 20.1 Å². The molecule has 24 heavy (non-hydrogen) atoms. The van der Waals surface area contributed by atoms with E-state index in [-0.39, 0.29) is 6.42 Å². The van der Waals surface area contributed by atoms with E-state index >= 15 is 0 Å². The van der Waals surface area contributed by atoms with E-state index in [9.17, 15) is 15.0 Å². The Kier molecular flexibility index (Phi) is 15.1. The number of allylic oxidation sites excluding steroid dienone is 5. The molecule has 0 fully saturated rings. The first-order valence-corrected chi connectivity index (χ1v) is 8.80. The predicted octanol–water partition coefficient (Wildman–Crippen LogP) is 4.16. The molecule has 136 valence electrons. The summed E-state index contributed by atoms with van der Waals surface area (Å²) in [5.74, 6) is -0.844. The summed E-state index contributed by atoms with van der Waals surface area (Å²) in [6, 6.07) is 0. The lowest BCUT2D eigenvalue weighted by Gasteiger charge is -2.02. The molecule has 0 amide bonds. The highest BCUT2D eigenvalue weighted by molar-refractivity contribution is 5.66. The summed E-state index contributed by atoms with van der Waals surface area (Å²) in [6.07, 6.45) is 19.8. The number of carbonyl (C=O) groups is 1. The Morgan fingerprint density at radius 3 is 2.25 bits per heavy atom. The van der Waals surface area contributed by atoms with Crippen LogP contribution in [0.5, 0.6) is 0 Å². The molecule has 0 aromatic carbocycles. The van der Waals surface area contributed by atoms with Crippen molar-refractivity contribution in [3.05, 3.63) is 48.6 Å². The Bertz CT molecular complexity index is 421. The van der Waals surface area contributed by atoms with Gasteiger partial charge in [0.2, 0.25) is 0 Å². The van der Waals surface area contributed by atoms with Gasteiger partial charge in [-0.25, -0.2) is 0 Å². The van der Waals surface area contributed by atoms with Crippen LogP contribution in [0.3, 0.4) is 0 Å². The van der Waals surface area contributed by atoms with Gasteiger partial charge < -0.3 is 15.3 Å². The number of aliphatic carboxylic acids is 1. The van der Waals surface area contributed by atoms with E-state index in [0.29, 0.717) is 19.3 Å². The highest BCUT2D eigenvalue weighted by Gasteiger charge is 2.01. The summed E-state index contributed by atoms with van der Waals surface area (Å²) < 4.78 is 0. The van der Waals surface area contributed by atoms with Crippen LogP contribution in [-0.4, -0.2) is 33.5 Å². The van der Waals surface area contributed by atoms with Gasteiger partial charge in [0.25, 0.3) is 0 Å². The fourth-order valence-corrected chi connectivity index (χ4v) is 2.01. The number of aliphatic hydroxyl groups excluding tert-OH is 2. The van der Waals surface area contributed by atoms with Crippen LogP contribution >= 0.6 is 0 Å². The van der Waals surface area contributed by atoms with Crippen molar-refractivity contribution in [1.82, 2.24) is 0 Å². The van der Waals surface area contributed by atoms with Gasteiger partial charge >= 0.3 is 5.97 Å². The molecule has 4 heteroatoms. The molecule has 0 radical (unpaired) electrons. The minimum absolute atomic E-state index is 0.0757. The first-order chi connectivity index (χ1) is 11.6. The lowest BCUT2D eigenvalue weighted by atomic mass is 10.1. The number of carboxylic acid groups (broad SMARTS) is 1. The average Bonchev–Trinajstić information content (AvgIpc) is 2.53. The minimum atomic E-state index is -0.844. The Balaban J connectivity index is 3.80. The van der Waals surface area contributed by atoms with E-state index in [1.807, 2.05) is 18.2 Å². The van der Waals surface area contributed by atoms with E-state index < -0.39 is 18.2 Å². The van der Waals surface area contributed by atoms with Crippen LogP contribution in [0.2, 0.25) is 0 Å². The molecule has 2 atom stereocenters. The summed E-state index contributed by atoms with van der Waals surface area (Å²) in [7, 11) is 0. The van der Waals surface area contributed by atoms with Crippen molar-refractivity contribution in [3.63, 3.8) is 0 Å². The molecule has 0 aliphatic heterocycles. The van der Waals surface area contributed by atoms with E-state index in [1.54, 1.807) is 24.3 Å². The molecule has 4 nitrogen and oxygen atoms in total. The molecular weight excluding hydrogens is 304 g/mol. The second kappa shape index (κ2) is 16.2.